The van der Waals surface area contributed by atoms with E-state index in [9.17, 15) is 8.78 Å². The van der Waals surface area contributed by atoms with Crippen molar-refractivity contribution in [2.75, 3.05) is 5.73 Å². The number of oxazole rings is 1. The highest BCUT2D eigenvalue weighted by Crippen LogP contribution is 2.36. The molecule has 0 aliphatic rings. The maximum atomic E-state index is 13.7. The molecule has 3 nitrogen and oxygen atoms in total. The molecule has 0 spiro atoms. The zero-order valence-electron chi connectivity index (χ0n) is 9.56. The summed E-state index contributed by atoms with van der Waals surface area (Å²) in [5.74, 6) is -1.94. The summed E-state index contributed by atoms with van der Waals surface area (Å²) in [6.07, 6.45) is 0. The summed E-state index contributed by atoms with van der Waals surface area (Å²) < 4.78 is 32.3. The summed E-state index contributed by atoms with van der Waals surface area (Å²) >= 11 is 0.863. The Bertz CT molecular complexity index is 724. The molecule has 0 amide bonds. The van der Waals surface area contributed by atoms with E-state index in [4.69, 9.17) is 10.2 Å². The van der Waals surface area contributed by atoms with Gasteiger partial charge in [-0.2, -0.15) is 0 Å². The van der Waals surface area contributed by atoms with Crippen molar-refractivity contribution in [3.63, 3.8) is 0 Å². The molecule has 0 bridgehead atoms. The average molecular weight is 278 g/mol. The van der Waals surface area contributed by atoms with Gasteiger partial charge >= 0.3 is 0 Å². The first-order valence-corrected chi connectivity index (χ1v) is 6.23. The molecule has 96 valence electrons. The van der Waals surface area contributed by atoms with Gasteiger partial charge < -0.3 is 10.2 Å². The number of fused-ring (bicyclic) bond motifs is 1. The Morgan fingerprint density at radius 3 is 2.68 bits per heavy atom. The summed E-state index contributed by atoms with van der Waals surface area (Å²) in [6, 6.07) is 9.44. The SMILES string of the molecule is Nc1ccc(F)c(F)c1Sc1nc2ccccc2o1. The molecular formula is C13H8F2N2OS. The normalized spacial score (nSPS) is 11.1. The second kappa shape index (κ2) is 4.55. The van der Waals surface area contributed by atoms with E-state index in [1.807, 2.05) is 6.07 Å². The predicted octanol–water partition coefficient (Wildman–Crippen LogP) is 3.84. The zero-order valence-corrected chi connectivity index (χ0v) is 10.4. The fourth-order valence-corrected chi connectivity index (χ4v) is 2.46. The Morgan fingerprint density at radius 1 is 1.11 bits per heavy atom. The number of nitrogens with two attached hydrogens (primary N) is 1. The van der Waals surface area contributed by atoms with Gasteiger partial charge in [0.05, 0.1) is 4.90 Å². The van der Waals surface area contributed by atoms with Crippen LogP contribution in [0, 0.1) is 11.6 Å². The lowest BCUT2D eigenvalue weighted by Crippen LogP contribution is -1.95. The minimum Gasteiger partial charge on any atom is -0.431 e. The number of aromatic nitrogens is 1. The predicted molar refractivity (Wildman–Crippen MR) is 68.9 cm³/mol. The number of hydrogen-bond donors (Lipinski definition) is 1. The van der Waals surface area contributed by atoms with Crippen LogP contribution in [0.3, 0.4) is 0 Å². The standard InChI is InChI=1S/C13H8F2N2OS/c14-7-5-6-8(16)12(11(7)15)19-13-17-9-3-1-2-4-10(9)18-13/h1-6H,16H2. The Hall–Kier alpha value is -2.08. The zero-order chi connectivity index (χ0) is 13.4. The first-order chi connectivity index (χ1) is 9.15. The van der Waals surface area contributed by atoms with Gasteiger partial charge in [0.25, 0.3) is 5.22 Å². The largest absolute Gasteiger partial charge is 0.431 e. The third-order valence-electron chi connectivity index (χ3n) is 2.54. The van der Waals surface area contributed by atoms with Crippen molar-refractivity contribution in [3.05, 3.63) is 48.0 Å². The molecule has 0 saturated heterocycles. The molecule has 19 heavy (non-hydrogen) atoms. The van der Waals surface area contributed by atoms with E-state index in [2.05, 4.69) is 4.98 Å². The van der Waals surface area contributed by atoms with Crippen LogP contribution in [0.2, 0.25) is 0 Å². The van der Waals surface area contributed by atoms with E-state index >= 15 is 0 Å². The van der Waals surface area contributed by atoms with Gasteiger partial charge in [-0.1, -0.05) is 12.1 Å². The minimum absolute atomic E-state index is 0.0217. The molecule has 0 fully saturated rings. The van der Waals surface area contributed by atoms with Gasteiger partial charge in [-0.05, 0) is 36.0 Å². The monoisotopic (exact) mass is 278 g/mol. The summed E-state index contributed by atoms with van der Waals surface area (Å²) in [6.45, 7) is 0. The highest BCUT2D eigenvalue weighted by atomic mass is 32.2. The van der Waals surface area contributed by atoms with E-state index < -0.39 is 11.6 Å². The molecule has 1 aromatic heterocycles. The highest BCUT2D eigenvalue weighted by Gasteiger charge is 2.16. The second-order valence-corrected chi connectivity index (χ2v) is 4.79. The number of para-hydroxylation sites is 2. The van der Waals surface area contributed by atoms with Gasteiger partial charge in [0, 0.05) is 5.69 Å². The number of nitrogens with zero attached hydrogens (tertiary/aromatic N) is 1. The average Bonchev–Trinajstić information content (AvgIpc) is 2.81. The van der Waals surface area contributed by atoms with E-state index in [0.29, 0.717) is 11.1 Å². The van der Waals surface area contributed by atoms with Gasteiger partial charge in [0.1, 0.15) is 5.52 Å². The van der Waals surface area contributed by atoms with Crippen LogP contribution in [-0.2, 0) is 0 Å². The van der Waals surface area contributed by atoms with E-state index in [1.54, 1.807) is 18.2 Å². The second-order valence-electron chi connectivity index (χ2n) is 3.83. The van der Waals surface area contributed by atoms with Crippen LogP contribution in [0.25, 0.3) is 11.1 Å². The first-order valence-electron chi connectivity index (χ1n) is 5.42. The van der Waals surface area contributed by atoms with Crippen molar-refractivity contribution < 1.29 is 13.2 Å². The summed E-state index contributed by atoms with van der Waals surface area (Å²) in [7, 11) is 0. The third kappa shape index (κ3) is 2.15. The van der Waals surface area contributed by atoms with Gasteiger partial charge in [-0.15, -0.1) is 0 Å². The number of hydrogen-bond acceptors (Lipinski definition) is 4. The molecule has 3 rings (SSSR count). The maximum Gasteiger partial charge on any atom is 0.261 e. The fourth-order valence-electron chi connectivity index (χ4n) is 1.63. The molecule has 0 aliphatic carbocycles. The molecule has 0 radical (unpaired) electrons. The quantitative estimate of drug-likeness (QED) is 0.724. The van der Waals surface area contributed by atoms with Crippen molar-refractivity contribution in [2.24, 2.45) is 0 Å². The highest BCUT2D eigenvalue weighted by molar-refractivity contribution is 7.99. The van der Waals surface area contributed by atoms with Crippen molar-refractivity contribution in [1.82, 2.24) is 4.98 Å². The van der Waals surface area contributed by atoms with Crippen LogP contribution < -0.4 is 5.73 Å². The lowest BCUT2D eigenvalue weighted by atomic mass is 10.3. The molecule has 6 heteroatoms. The lowest BCUT2D eigenvalue weighted by molar-refractivity contribution is 0.481. The molecule has 0 unspecified atom stereocenters. The number of halogens is 2. The minimum atomic E-state index is -0.993. The Balaban J connectivity index is 2.03. The molecule has 0 aliphatic heterocycles. The number of nitrogen functional groups attached to an aromatic ring is 1. The van der Waals surface area contributed by atoms with Crippen LogP contribution in [0.5, 0.6) is 0 Å². The van der Waals surface area contributed by atoms with Crippen LogP contribution in [-0.4, -0.2) is 4.98 Å². The molecule has 1 heterocycles. The molecule has 2 N–H and O–H groups in total. The van der Waals surface area contributed by atoms with Crippen LogP contribution in [0.1, 0.15) is 0 Å². The molecular weight excluding hydrogens is 270 g/mol. The lowest BCUT2D eigenvalue weighted by Gasteiger charge is -2.04. The fraction of sp³-hybridized carbons (Fsp3) is 0. The van der Waals surface area contributed by atoms with Crippen LogP contribution in [0.4, 0.5) is 14.5 Å². The van der Waals surface area contributed by atoms with Crippen molar-refractivity contribution in [3.8, 4) is 0 Å². The topological polar surface area (TPSA) is 52.0 Å². The summed E-state index contributed by atoms with van der Waals surface area (Å²) in [5, 5.41) is 0.220. The van der Waals surface area contributed by atoms with Crippen molar-refractivity contribution in [1.29, 1.82) is 0 Å². The van der Waals surface area contributed by atoms with E-state index in [1.165, 1.54) is 6.07 Å². The van der Waals surface area contributed by atoms with Gasteiger partial charge in [0.2, 0.25) is 0 Å². The van der Waals surface area contributed by atoms with E-state index in [0.717, 1.165) is 17.8 Å². The summed E-state index contributed by atoms with van der Waals surface area (Å²) in [5.41, 5.74) is 7.02. The van der Waals surface area contributed by atoms with Gasteiger partial charge in [-0.25, -0.2) is 13.8 Å². The van der Waals surface area contributed by atoms with E-state index in [-0.39, 0.29) is 15.8 Å². The number of benzene rings is 2. The Morgan fingerprint density at radius 2 is 1.89 bits per heavy atom. The Labute approximate surface area is 111 Å². The van der Waals surface area contributed by atoms with Crippen LogP contribution in [0.15, 0.2) is 50.9 Å². The first kappa shape index (κ1) is 12.0. The summed E-state index contributed by atoms with van der Waals surface area (Å²) in [4.78, 5) is 4.15. The van der Waals surface area contributed by atoms with Crippen molar-refractivity contribution >= 4 is 28.5 Å². The molecule has 3 aromatic rings. The van der Waals surface area contributed by atoms with Crippen molar-refractivity contribution in [2.45, 2.75) is 10.1 Å². The number of anilines is 1. The van der Waals surface area contributed by atoms with Gasteiger partial charge in [-0.3, -0.25) is 0 Å². The molecule has 0 saturated carbocycles. The third-order valence-corrected chi connectivity index (χ3v) is 3.51. The molecule has 2 aromatic carbocycles. The van der Waals surface area contributed by atoms with Crippen LogP contribution >= 0.6 is 11.8 Å². The molecule has 0 atom stereocenters. The van der Waals surface area contributed by atoms with Gasteiger partial charge in [0.15, 0.2) is 17.2 Å². The Kier molecular flexibility index (Phi) is 2.87. The number of rotatable bonds is 2. The smallest absolute Gasteiger partial charge is 0.261 e. The maximum absolute atomic E-state index is 13.7.